The molecule has 5 aromatic rings. The number of halogens is 1. The van der Waals surface area contributed by atoms with Crippen LogP contribution in [0.5, 0.6) is 0 Å². The van der Waals surface area contributed by atoms with Crippen LogP contribution in [0.4, 0.5) is 21.3 Å². The number of fused-ring (bicyclic) bond motifs is 1. The van der Waals surface area contributed by atoms with Crippen molar-refractivity contribution in [3.05, 3.63) is 71.4 Å². The molecule has 1 N–H and O–H groups in total. The Morgan fingerprint density at radius 1 is 1.04 bits per heavy atom. The second kappa shape index (κ2) is 13.3. The minimum atomic E-state index is -0.407. The van der Waals surface area contributed by atoms with Crippen molar-refractivity contribution in [2.45, 2.75) is 25.9 Å². The summed E-state index contributed by atoms with van der Waals surface area (Å²) in [4.78, 5) is 40.1. The molecule has 12 nitrogen and oxygen atoms in total. The molecule has 1 atom stereocenters. The number of β-amino-alcohol motifs (C(OH)–C–C–N with tert-alkyl or cyclic N) is 1. The number of aromatic nitrogens is 5. The molecule has 0 radical (unpaired) electrons. The molecule has 6 heterocycles. The summed E-state index contributed by atoms with van der Waals surface area (Å²) in [6.07, 6.45) is 6.61. The number of amides is 1. The third kappa shape index (κ3) is 6.19. The Labute approximate surface area is 281 Å². The molecule has 0 unspecified atom stereocenters. The van der Waals surface area contributed by atoms with Gasteiger partial charge in [-0.1, -0.05) is 18.3 Å². The Morgan fingerprint density at radius 3 is 2.44 bits per heavy atom. The van der Waals surface area contributed by atoms with Crippen LogP contribution >= 0.6 is 11.3 Å². The van der Waals surface area contributed by atoms with Crippen molar-refractivity contribution in [3.63, 3.8) is 0 Å². The van der Waals surface area contributed by atoms with Crippen LogP contribution < -0.4 is 9.80 Å². The summed E-state index contributed by atoms with van der Waals surface area (Å²) in [7, 11) is 1.91. The number of aliphatic hydroxyl groups excluding tert-OH is 1. The predicted octanol–water partition coefficient (Wildman–Crippen LogP) is 3.97. The number of hydrogen-bond acceptors (Lipinski definition) is 11. The van der Waals surface area contributed by atoms with E-state index in [4.69, 9.17) is 19.9 Å². The van der Waals surface area contributed by atoms with E-state index in [0.29, 0.717) is 59.7 Å². The molecule has 2 saturated heterocycles. The van der Waals surface area contributed by atoms with E-state index in [-0.39, 0.29) is 11.7 Å². The highest BCUT2D eigenvalue weighted by Gasteiger charge is 2.28. The van der Waals surface area contributed by atoms with Gasteiger partial charge in [0.05, 0.1) is 18.3 Å². The summed E-state index contributed by atoms with van der Waals surface area (Å²) in [5.74, 6) is 1.22. The summed E-state index contributed by atoms with van der Waals surface area (Å²) < 4.78 is 15.6. The first-order chi connectivity index (χ1) is 23.3. The Morgan fingerprint density at radius 2 is 1.77 bits per heavy atom. The second-order valence-corrected chi connectivity index (χ2v) is 13.0. The van der Waals surface area contributed by atoms with Gasteiger partial charge < -0.3 is 19.8 Å². The first kappa shape index (κ1) is 31.6. The molecule has 2 aliphatic rings. The minimum absolute atomic E-state index is 0.0733. The summed E-state index contributed by atoms with van der Waals surface area (Å²) in [6.45, 7) is 6.39. The average molecular weight is 667 g/mol. The van der Waals surface area contributed by atoms with E-state index in [1.54, 1.807) is 17.0 Å². The van der Waals surface area contributed by atoms with Crippen LogP contribution in [0.25, 0.3) is 28.0 Å². The number of hydrogen-bond donors (Lipinski definition) is 1. The topological polar surface area (TPSA) is 130 Å². The fraction of sp³-hybridized carbons (Fsp3) is 0.353. The van der Waals surface area contributed by atoms with Crippen molar-refractivity contribution in [2.24, 2.45) is 0 Å². The Hall–Kier alpha value is -4.97. The van der Waals surface area contributed by atoms with Crippen molar-refractivity contribution in [2.75, 3.05) is 62.7 Å². The number of piperazine rings is 1. The number of nitrogens with zero attached hydrogens (tertiary/aromatic N) is 10. The van der Waals surface area contributed by atoms with Gasteiger partial charge >= 0.3 is 0 Å². The van der Waals surface area contributed by atoms with Gasteiger partial charge in [-0.05, 0) is 49.2 Å². The van der Waals surface area contributed by atoms with Crippen LogP contribution in [0.15, 0.2) is 55.0 Å². The molecule has 0 saturated carbocycles. The first-order valence-electron chi connectivity index (χ1n) is 16.0. The van der Waals surface area contributed by atoms with E-state index in [1.165, 1.54) is 23.5 Å². The maximum Gasteiger partial charge on any atom is 0.236 e. The van der Waals surface area contributed by atoms with Gasteiger partial charge in [-0.25, -0.2) is 24.3 Å². The fourth-order valence-corrected chi connectivity index (χ4v) is 7.11. The standard InChI is InChI=1S/C34H35FN10O2S/c1-3-27-32(41(2)34-40-31(28(16-36)48-34)22-4-7-25(35)8-5-22)45-19-23(6-9-29(45)39-27)24-17-37-33(38-18-24)43-14-12-42(13-15-43)21-30(47)44-11-10-26(46)20-44/h4-9,17-19,26,46H,3,10-15,20-21H2,1-2H3/t26-/m0/s1. The zero-order chi connectivity index (χ0) is 33.4. The lowest BCUT2D eigenvalue weighted by Crippen LogP contribution is -2.50. The molecule has 48 heavy (non-hydrogen) atoms. The van der Waals surface area contributed by atoms with Crippen LogP contribution in [0.1, 0.15) is 23.9 Å². The largest absolute Gasteiger partial charge is 0.391 e. The molecule has 1 aromatic carbocycles. The number of anilines is 3. The lowest BCUT2D eigenvalue weighted by molar-refractivity contribution is -0.131. The summed E-state index contributed by atoms with van der Waals surface area (Å²) in [6, 6.07) is 12.2. The molecule has 0 spiro atoms. The second-order valence-electron chi connectivity index (χ2n) is 12.1. The molecular formula is C34H35FN10O2S. The van der Waals surface area contributed by atoms with Crippen molar-refractivity contribution in [1.29, 1.82) is 5.26 Å². The SMILES string of the molecule is CCc1nc2ccc(-c3cnc(N4CCN(CC(=O)N5CC[C@H](O)C5)CC4)nc3)cn2c1N(C)c1nc(-c2ccc(F)cc2)c(C#N)s1. The van der Waals surface area contributed by atoms with E-state index in [2.05, 4.69) is 22.8 Å². The number of carbonyl (C=O) groups excluding carboxylic acids is 1. The molecule has 0 bridgehead atoms. The first-order valence-corrected chi connectivity index (χ1v) is 16.8. The van der Waals surface area contributed by atoms with Gasteiger partial charge in [0.15, 0.2) is 5.13 Å². The summed E-state index contributed by atoms with van der Waals surface area (Å²) >= 11 is 1.28. The number of imidazole rings is 1. The fourth-order valence-electron chi connectivity index (χ4n) is 6.27. The van der Waals surface area contributed by atoms with Gasteiger partial charge in [0.2, 0.25) is 11.9 Å². The minimum Gasteiger partial charge on any atom is -0.391 e. The number of rotatable bonds is 8. The van der Waals surface area contributed by atoms with Gasteiger partial charge in [-0.2, -0.15) is 5.26 Å². The number of benzene rings is 1. The molecule has 1 amide bonds. The molecule has 14 heteroatoms. The average Bonchev–Trinajstić information content (AvgIpc) is 3.85. The van der Waals surface area contributed by atoms with Gasteiger partial charge in [-0.15, -0.1) is 0 Å². The van der Waals surface area contributed by atoms with Crippen LogP contribution in [-0.2, 0) is 11.2 Å². The molecule has 0 aliphatic carbocycles. The quantitative estimate of drug-likeness (QED) is 0.260. The van der Waals surface area contributed by atoms with Gasteiger partial charge in [0, 0.05) is 81.6 Å². The number of carbonyl (C=O) groups is 1. The summed E-state index contributed by atoms with van der Waals surface area (Å²) in [5.41, 5.74) is 4.65. The van der Waals surface area contributed by atoms with Crippen molar-refractivity contribution >= 4 is 39.8 Å². The highest BCUT2D eigenvalue weighted by Crippen LogP contribution is 2.37. The van der Waals surface area contributed by atoms with Crippen LogP contribution in [0.2, 0.25) is 0 Å². The van der Waals surface area contributed by atoms with Crippen molar-refractivity contribution < 1.29 is 14.3 Å². The van der Waals surface area contributed by atoms with E-state index < -0.39 is 6.10 Å². The highest BCUT2D eigenvalue weighted by molar-refractivity contribution is 7.16. The smallest absolute Gasteiger partial charge is 0.236 e. The van der Waals surface area contributed by atoms with E-state index in [0.717, 1.165) is 54.5 Å². The van der Waals surface area contributed by atoms with E-state index in [9.17, 15) is 19.6 Å². The third-order valence-electron chi connectivity index (χ3n) is 8.94. The normalized spacial score (nSPS) is 16.9. The molecule has 246 valence electrons. The number of thiazole rings is 1. The maximum absolute atomic E-state index is 13.6. The molecular weight excluding hydrogens is 632 g/mol. The van der Waals surface area contributed by atoms with Crippen LogP contribution in [0.3, 0.4) is 0 Å². The third-order valence-corrected chi connectivity index (χ3v) is 9.98. The Balaban J connectivity index is 1.08. The monoisotopic (exact) mass is 666 g/mol. The zero-order valence-corrected chi connectivity index (χ0v) is 27.6. The van der Waals surface area contributed by atoms with Gasteiger partial charge in [0.25, 0.3) is 0 Å². The molecule has 7 rings (SSSR count). The molecule has 4 aromatic heterocycles. The predicted molar refractivity (Wildman–Crippen MR) is 182 cm³/mol. The molecule has 2 aliphatic heterocycles. The number of aryl methyl sites for hydroxylation is 1. The number of pyridine rings is 1. The Bertz CT molecular complexity index is 1980. The number of nitriles is 1. The van der Waals surface area contributed by atoms with Gasteiger partial charge in [-0.3, -0.25) is 14.1 Å². The van der Waals surface area contributed by atoms with Crippen molar-refractivity contribution in [3.8, 4) is 28.5 Å². The van der Waals surface area contributed by atoms with Crippen LogP contribution in [0, 0.1) is 17.1 Å². The van der Waals surface area contributed by atoms with Gasteiger partial charge in [0.1, 0.15) is 33.9 Å². The van der Waals surface area contributed by atoms with E-state index >= 15 is 0 Å². The Kier molecular flexibility index (Phi) is 8.74. The lowest BCUT2D eigenvalue weighted by atomic mass is 10.1. The highest BCUT2D eigenvalue weighted by atomic mass is 32.1. The number of aliphatic hydroxyl groups is 1. The molecule has 2 fully saturated rings. The zero-order valence-electron chi connectivity index (χ0n) is 26.8. The number of likely N-dealkylation sites (tertiary alicyclic amines) is 1. The van der Waals surface area contributed by atoms with Crippen molar-refractivity contribution in [1.82, 2.24) is 34.1 Å². The summed E-state index contributed by atoms with van der Waals surface area (Å²) in [5, 5.41) is 20.2. The van der Waals surface area contributed by atoms with E-state index in [1.807, 2.05) is 47.1 Å². The lowest BCUT2D eigenvalue weighted by Gasteiger charge is -2.35. The van der Waals surface area contributed by atoms with Crippen LogP contribution in [-0.4, -0.2) is 104 Å². The maximum atomic E-state index is 13.6.